The van der Waals surface area contributed by atoms with E-state index in [1.54, 1.807) is 17.5 Å². The normalized spacial score (nSPS) is 10.2. The Bertz CT molecular complexity index is 891. The van der Waals surface area contributed by atoms with Crippen LogP contribution in [0.5, 0.6) is 0 Å². The molecule has 0 aliphatic rings. The monoisotopic (exact) mass is 366 g/mol. The summed E-state index contributed by atoms with van der Waals surface area (Å²) >= 11 is 1.19. The molecule has 0 unspecified atom stereocenters. The van der Waals surface area contributed by atoms with E-state index in [0.717, 1.165) is 6.42 Å². The Balaban J connectivity index is 1.58. The fourth-order valence-electron chi connectivity index (χ4n) is 2.24. The SMILES string of the molecule is CCc1ccc(NC(=O)c2csc(NC(=O)Nc3ccccc3)n2)cc1. The lowest BCUT2D eigenvalue weighted by Crippen LogP contribution is -2.19. The molecule has 2 aromatic carbocycles. The third kappa shape index (κ3) is 4.67. The van der Waals surface area contributed by atoms with Crippen LogP contribution in [0.2, 0.25) is 0 Å². The number of nitrogens with zero attached hydrogens (tertiary/aromatic N) is 1. The van der Waals surface area contributed by atoms with Crippen LogP contribution in [-0.2, 0) is 6.42 Å². The first kappa shape index (κ1) is 17.6. The summed E-state index contributed by atoms with van der Waals surface area (Å²) in [6.07, 6.45) is 0.945. The number of rotatable bonds is 5. The van der Waals surface area contributed by atoms with Gasteiger partial charge in [-0.3, -0.25) is 10.1 Å². The Morgan fingerprint density at radius 1 is 0.923 bits per heavy atom. The number of hydrogen-bond donors (Lipinski definition) is 3. The van der Waals surface area contributed by atoms with E-state index >= 15 is 0 Å². The number of benzene rings is 2. The van der Waals surface area contributed by atoms with Gasteiger partial charge in [0, 0.05) is 16.8 Å². The van der Waals surface area contributed by atoms with Gasteiger partial charge in [-0.15, -0.1) is 11.3 Å². The summed E-state index contributed by atoms with van der Waals surface area (Å²) in [6.45, 7) is 2.07. The van der Waals surface area contributed by atoms with Crippen molar-refractivity contribution in [2.24, 2.45) is 0 Å². The summed E-state index contributed by atoms with van der Waals surface area (Å²) < 4.78 is 0. The van der Waals surface area contributed by atoms with Crippen LogP contribution >= 0.6 is 11.3 Å². The molecule has 0 aliphatic heterocycles. The van der Waals surface area contributed by atoms with Crippen molar-refractivity contribution < 1.29 is 9.59 Å². The van der Waals surface area contributed by atoms with Gasteiger partial charge in [-0.2, -0.15) is 0 Å². The number of aromatic nitrogens is 1. The predicted molar refractivity (Wildman–Crippen MR) is 105 cm³/mol. The maximum absolute atomic E-state index is 12.3. The number of hydrogen-bond acceptors (Lipinski definition) is 4. The molecular weight excluding hydrogens is 348 g/mol. The average Bonchev–Trinajstić information content (AvgIpc) is 3.11. The van der Waals surface area contributed by atoms with Crippen molar-refractivity contribution in [1.29, 1.82) is 0 Å². The zero-order valence-electron chi connectivity index (χ0n) is 14.2. The van der Waals surface area contributed by atoms with Gasteiger partial charge in [-0.1, -0.05) is 37.3 Å². The molecule has 0 bridgehead atoms. The zero-order valence-corrected chi connectivity index (χ0v) is 15.0. The standard InChI is InChI=1S/C19H18N4O2S/c1-2-13-8-10-15(11-9-13)20-17(24)16-12-26-19(22-16)23-18(25)21-14-6-4-3-5-7-14/h3-12H,2H2,1H3,(H,20,24)(H2,21,22,23,25). The second kappa shape index (κ2) is 8.26. The number of amides is 3. The Kier molecular flexibility index (Phi) is 5.60. The molecule has 0 atom stereocenters. The second-order valence-corrected chi connectivity index (χ2v) is 6.35. The van der Waals surface area contributed by atoms with E-state index < -0.39 is 6.03 Å². The molecule has 3 amide bonds. The van der Waals surface area contributed by atoms with Crippen LogP contribution < -0.4 is 16.0 Å². The summed E-state index contributed by atoms with van der Waals surface area (Å²) in [6, 6.07) is 16.3. The van der Waals surface area contributed by atoms with E-state index in [4.69, 9.17) is 0 Å². The fraction of sp³-hybridized carbons (Fsp3) is 0.105. The highest BCUT2D eigenvalue weighted by molar-refractivity contribution is 7.14. The number of aryl methyl sites for hydroxylation is 1. The van der Waals surface area contributed by atoms with Crippen LogP contribution in [-0.4, -0.2) is 16.9 Å². The van der Waals surface area contributed by atoms with E-state index in [1.165, 1.54) is 16.9 Å². The van der Waals surface area contributed by atoms with E-state index in [1.807, 2.05) is 42.5 Å². The van der Waals surface area contributed by atoms with E-state index in [-0.39, 0.29) is 11.6 Å². The minimum absolute atomic E-state index is 0.254. The molecule has 3 rings (SSSR count). The lowest BCUT2D eigenvalue weighted by Gasteiger charge is -2.05. The highest BCUT2D eigenvalue weighted by atomic mass is 32.1. The van der Waals surface area contributed by atoms with Gasteiger partial charge >= 0.3 is 6.03 Å². The number of urea groups is 1. The van der Waals surface area contributed by atoms with E-state index in [9.17, 15) is 9.59 Å². The Hall–Kier alpha value is -3.19. The highest BCUT2D eigenvalue weighted by Crippen LogP contribution is 2.18. The molecule has 1 aromatic heterocycles. The lowest BCUT2D eigenvalue weighted by molar-refractivity contribution is 0.102. The molecule has 0 radical (unpaired) electrons. The van der Waals surface area contributed by atoms with Crippen molar-refractivity contribution in [3.8, 4) is 0 Å². The van der Waals surface area contributed by atoms with Gasteiger partial charge in [0.15, 0.2) is 5.13 Å². The molecule has 3 N–H and O–H groups in total. The van der Waals surface area contributed by atoms with Crippen molar-refractivity contribution in [3.05, 3.63) is 71.2 Å². The Morgan fingerprint density at radius 2 is 1.62 bits per heavy atom. The van der Waals surface area contributed by atoms with Gasteiger partial charge in [-0.25, -0.2) is 9.78 Å². The summed E-state index contributed by atoms with van der Waals surface area (Å²) in [5.74, 6) is -0.318. The first-order valence-electron chi connectivity index (χ1n) is 8.13. The number of para-hydroxylation sites is 1. The Morgan fingerprint density at radius 3 is 2.31 bits per heavy atom. The van der Waals surface area contributed by atoms with Gasteiger partial charge in [0.25, 0.3) is 5.91 Å². The number of carbonyl (C=O) groups excluding carboxylic acids is 2. The number of anilines is 3. The van der Waals surface area contributed by atoms with Crippen molar-refractivity contribution >= 4 is 39.8 Å². The average molecular weight is 366 g/mol. The smallest absolute Gasteiger partial charge is 0.321 e. The van der Waals surface area contributed by atoms with Crippen LogP contribution in [0.15, 0.2) is 60.0 Å². The number of carbonyl (C=O) groups is 2. The van der Waals surface area contributed by atoms with Crippen LogP contribution in [0.4, 0.5) is 21.3 Å². The number of nitrogens with one attached hydrogen (secondary N) is 3. The van der Waals surface area contributed by atoms with Gasteiger partial charge in [0.05, 0.1) is 0 Å². The van der Waals surface area contributed by atoms with Crippen molar-refractivity contribution in [1.82, 2.24) is 4.98 Å². The van der Waals surface area contributed by atoms with Crippen molar-refractivity contribution in [2.75, 3.05) is 16.0 Å². The first-order chi connectivity index (χ1) is 12.6. The van der Waals surface area contributed by atoms with Gasteiger partial charge < -0.3 is 10.6 Å². The van der Waals surface area contributed by atoms with Crippen LogP contribution in [0.3, 0.4) is 0 Å². The first-order valence-corrected chi connectivity index (χ1v) is 9.01. The van der Waals surface area contributed by atoms with E-state index in [2.05, 4.69) is 27.9 Å². The van der Waals surface area contributed by atoms with Crippen LogP contribution in [0.25, 0.3) is 0 Å². The minimum atomic E-state index is -0.410. The molecule has 0 aliphatic carbocycles. The molecule has 0 spiro atoms. The molecule has 6 nitrogen and oxygen atoms in total. The molecular formula is C19H18N4O2S. The molecule has 26 heavy (non-hydrogen) atoms. The van der Waals surface area contributed by atoms with Gasteiger partial charge in [0.2, 0.25) is 0 Å². The topological polar surface area (TPSA) is 83.1 Å². The molecule has 7 heteroatoms. The second-order valence-electron chi connectivity index (χ2n) is 5.49. The largest absolute Gasteiger partial charge is 0.325 e. The Labute approximate surface area is 155 Å². The molecule has 0 saturated carbocycles. The summed E-state index contributed by atoms with van der Waals surface area (Å²) in [4.78, 5) is 28.4. The minimum Gasteiger partial charge on any atom is -0.321 e. The third-order valence-electron chi connectivity index (χ3n) is 3.61. The van der Waals surface area contributed by atoms with Crippen LogP contribution in [0.1, 0.15) is 23.0 Å². The quantitative estimate of drug-likeness (QED) is 0.617. The lowest BCUT2D eigenvalue weighted by atomic mass is 10.1. The van der Waals surface area contributed by atoms with E-state index in [0.29, 0.717) is 16.5 Å². The maximum Gasteiger partial charge on any atom is 0.325 e. The molecule has 3 aromatic rings. The van der Waals surface area contributed by atoms with Gasteiger partial charge in [0.1, 0.15) is 5.69 Å². The molecule has 0 saturated heterocycles. The summed E-state index contributed by atoms with van der Waals surface area (Å²) in [5.41, 5.74) is 2.84. The van der Waals surface area contributed by atoms with Crippen molar-refractivity contribution in [2.45, 2.75) is 13.3 Å². The fourth-order valence-corrected chi connectivity index (χ4v) is 2.92. The maximum atomic E-state index is 12.3. The zero-order chi connectivity index (χ0) is 18.4. The highest BCUT2D eigenvalue weighted by Gasteiger charge is 2.13. The van der Waals surface area contributed by atoms with Crippen molar-refractivity contribution in [3.63, 3.8) is 0 Å². The van der Waals surface area contributed by atoms with Gasteiger partial charge in [-0.05, 0) is 36.2 Å². The van der Waals surface area contributed by atoms with Crippen LogP contribution in [0, 0.1) is 0 Å². The number of thiazole rings is 1. The summed E-state index contributed by atoms with van der Waals surface area (Å²) in [5, 5.41) is 10.1. The molecule has 132 valence electrons. The third-order valence-corrected chi connectivity index (χ3v) is 4.37. The molecule has 1 heterocycles. The molecule has 0 fully saturated rings. The predicted octanol–water partition coefficient (Wildman–Crippen LogP) is 4.60. The summed E-state index contributed by atoms with van der Waals surface area (Å²) in [7, 11) is 0.